The van der Waals surface area contributed by atoms with Crippen LogP contribution in [0.25, 0.3) is 38.7 Å². The van der Waals surface area contributed by atoms with Crippen molar-refractivity contribution in [1.82, 2.24) is 14.6 Å². The summed E-state index contributed by atoms with van der Waals surface area (Å²) in [6.07, 6.45) is 0. The third kappa shape index (κ3) is 2.42. The Morgan fingerprint density at radius 3 is 2.26 bits per heavy atom. The highest BCUT2D eigenvalue weighted by molar-refractivity contribution is 6.12. The molecular formula is C24H21N3. The number of fused-ring (bicyclic) bond motifs is 6. The van der Waals surface area contributed by atoms with Gasteiger partial charge in [-0.05, 0) is 35.9 Å². The Morgan fingerprint density at radius 2 is 1.52 bits per heavy atom. The smallest absolute Gasteiger partial charge is 0.169 e. The Bertz CT molecular complexity index is 1290. The molecule has 0 atom stereocenters. The van der Waals surface area contributed by atoms with Crippen LogP contribution in [-0.4, -0.2) is 14.6 Å². The van der Waals surface area contributed by atoms with E-state index < -0.39 is 0 Å². The predicted octanol–water partition coefficient (Wildman–Crippen LogP) is 6.13. The van der Waals surface area contributed by atoms with Crippen LogP contribution in [0.5, 0.6) is 0 Å². The zero-order valence-electron chi connectivity index (χ0n) is 15.8. The molecular weight excluding hydrogens is 330 g/mol. The van der Waals surface area contributed by atoms with Crippen molar-refractivity contribution in [3.8, 4) is 11.4 Å². The van der Waals surface area contributed by atoms with Crippen molar-refractivity contribution < 1.29 is 0 Å². The van der Waals surface area contributed by atoms with Crippen LogP contribution in [0.4, 0.5) is 0 Å². The molecule has 132 valence electrons. The van der Waals surface area contributed by atoms with E-state index in [0.29, 0.717) is 5.92 Å². The molecule has 0 aliphatic carbocycles. The van der Waals surface area contributed by atoms with Crippen LogP contribution in [0.1, 0.15) is 30.9 Å². The largest absolute Gasteiger partial charge is 0.274 e. The highest BCUT2D eigenvalue weighted by Crippen LogP contribution is 2.33. The molecule has 0 fully saturated rings. The SMILES string of the molecule is Cc1ccc(-c2nnc3c4ccccc4c4cc(C(C)C)ccc4n23)cc1. The molecule has 0 bridgehead atoms. The van der Waals surface area contributed by atoms with Gasteiger partial charge in [-0.3, -0.25) is 4.40 Å². The van der Waals surface area contributed by atoms with Crippen LogP contribution in [0.15, 0.2) is 66.7 Å². The average molecular weight is 351 g/mol. The molecule has 2 aromatic heterocycles. The fourth-order valence-corrected chi connectivity index (χ4v) is 3.81. The van der Waals surface area contributed by atoms with E-state index in [1.807, 2.05) is 0 Å². The topological polar surface area (TPSA) is 30.2 Å². The molecule has 0 N–H and O–H groups in total. The number of nitrogens with zero attached hydrogens (tertiary/aromatic N) is 3. The van der Waals surface area contributed by atoms with Gasteiger partial charge in [0.1, 0.15) is 0 Å². The van der Waals surface area contributed by atoms with Crippen LogP contribution in [0.3, 0.4) is 0 Å². The zero-order chi connectivity index (χ0) is 18.5. The lowest BCUT2D eigenvalue weighted by molar-refractivity contribution is 0.868. The first-order chi connectivity index (χ1) is 13.1. The van der Waals surface area contributed by atoms with Gasteiger partial charge in [0.15, 0.2) is 11.5 Å². The Labute approximate surface area is 158 Å². The number of benzene rings is 3. The lowest BCUT2D eigenvalue weighted by Gasteiger charge is -2.12. The van der Waals surface area contributed by atoms with E-state index in [2.05, 4.69) is 102 Å². The van der Waals surface area contributed by atoms with E-state index in [1.165, 1.54) is 21.9 Å². The van der Waals surface area contributed by atoms with Gasteiger partial charge in [-0.1, -0.05) is 74.0 Å². The van der Waals surface area contributed by atoms with E-state index >= 15 is 0 Å². The minimum Gasteiger partial charge on any atom is -0.274 e. The second-order valence-corrected chi connectivity index (χ2v) is 7.53. The normalized spacial score (nSPS) is 11.9. The second kappa shape index (κ2) is 5.92. The maximum absolute atomic E-state index is 4.57. The van der Waals surface area contributed by atoms with Crippen LogP contribution >= 0.6 is 0 Å². The van der Waals surface area contributed by atoms with Crippen molar-refractivity contribution in [3.05, 3.63) is 77.9 Å². The average Bonchev–Trinajstić information content (AvgIpc) is 3.14. The molecule has 5 rings (SSSR count). The van der Waals surface area contributed by atoms with Gasteiger partial charge in [0.25, 0.3) is 0 Å². The highest BCUT2D eigenvalue weighted by Gasteiger charge is 2.16. The third-order valence-corrected chi connectivity index (χ3v) is 5.36. The number of rotatable bonds is 2. The van der Waals surface area contributed by atoms with E-state index in [4.69, 9.17) is 0 Å². The number of aromatic nitrogens is 3. The van der Waals surface area contributed by atoms with Crippen molar-refractivity contribution in [1.29, 1.82) is 0 Å². The van der Waals surface area contributed by atoms with Gasteiger partial charge in [0, 0.05) is 16.3 Å². The van der Waals surface area contributed by atoms with Crippen LogP contribution in [0, 0.1) is 6.92 Å². The monoisotopic (exact) mass is 351 g/mol. The summed E-state index contributed by atoms with van der Waals surface area (Å²) in [6.45, 7) is 6.57. The van der Waals surface area contributed by atoms with Gasteiger partial charge in [0.2, 0.25) is 0 Å². The minimum absolute atomic E-state index is 0.487. The Balaban J connectivity index is 1.96. The number of pyridine rings is 1. The summed E-state index contributed by atoms with van der Waals surface area (Å²) in [5.41, 5.74) is 5.72. The molecule has 0 saturated carbocycles. The molecule has 0 aliphatic rings. The summed E-state index contributed by atoms with van der Waals surface area (Å²) < 4.78 is 2.20. The lowest BCUT2D eigenvalue weighted by atomic mass is 9.98. The van der Waals surface area contributed by atoms with E-state index in [1.54, 1.807) is 0 Å². The van der Waals surface area contributed by atoms with Crippen LogP contribution < -0.4 is 0 Å². The first-order valence-electron chi connectivity index (χ1n) is 9.40. The number of hydrogen-bond donors (Lipinski definition) is 0. The molecule has 0 aliphatic heterocycles. The molecule has 0 spiro atoms. The van der Waals surface area contributed by atoms with E-state index in [9.17, 15) is 0 Å². The van der Waals surface area contributed by atoms with Crippen molar-refractivity contribution in [2.45, 2.75) is 26.7 Å². The highest BCUT2D eigenvalue weighted by atomic mass is 15.2. The number of hydrogen-bond acceptors (Lipinski definition) is 2. The third-order valence-electron chi connectivity index (χ3n) is 5.36. The number of aryl methyl sites for hydroxylation is 1. The van der Waals surface area contributed by atoms with Crippen LogP contribution in [0.2, 0.25) is 0 Å². The van der Waals surface area contributed by atoms with E-state index in [-0.39, 0.29) is 0 Å². The maximum Gasteiger partial charge on any atom is 0.169 e. The Hall–Kier alpha value is -3.20. The van der Waals surface area contributed by atoms with Gasteiger partial charge in [-0.25, -0.2) is 0 Å². The first-order valence-corrected chi connectivity index (χ1v) is 9.40. The van der Waals surface area contributed by atoms with Crippen molar-refractivity contribution in [2.24, 2.45) is 0 Å². The molecule has 27 heavy (non-hydrogen) atoms. The molecule has 0 amide bonds. The van der Waals surface area contributed by atoms with Crippen molar-refractivity contribution in [3.63, 3.8) is 0 Å². The van der Waals surface area contributed by atoms with Crippen LogP contribution in [-0.2, 0) is 0 Å². The Kier molecular flexibility index (Phi) is 3.51. The van der Waals surface area contributed by atoms with Crippen molar-refractivity contribution >= 4 is 27.3 Å². The summed E-state index contributed by atoms with van der Waals surface area (Å²) in [4.78, 5) is 0. The molecule has 2 heterocycles. The molecule has 5 aromatic rings. The summed E-state index contributed by atoms with van der Waals surface area (Å²) in [5.74, 6) is 1.37. The van der Waals surface area contributed by atoms with Gasteiger partial charge in [-0.2, -0.15) is 0 Å². The molecule has 3 aromatic carbocycles. The van der Waals surface area contributed by atoms with Gasteiger partial charge in [0.05, 0.1) is 5.52 Å². The summed E-state index contributed by atoms with van der Waals surface area (Å²) in [5, 5.41) is 12.7. The van der Waals surface area contributed by atoms with Gasteiger partial charge >= 0.3 is 0 Å². The molecule has 3 nitrogen and oxygen atoms in total. The fraction of sp³-hybridized carbons (Fsp3) is 0.167. The minimum atomic E-state index is 0.487. The summed E-state index contributed by atoms with van der Waals surface area (Å²) >= 11 is 0. The van der Waals surface area contributed by atoms with Gasteiger partial charge in [-0.15, -0.1) is 10.2 Å². The van der Waals surface area contributed by atoms with Crippen molar-refractivity contribution in [2.75, 3.05) is 0 Å². The molecule has 0 radical (unpaired) electrons. The standard InChI is InChI=1S/C24H21N3/c1-15(2)18-12-13-22-21(14-18)19-6-4-5-7-20(19)24-26-25-23(27(22)24)17-10-8-16(3)9-11-17/h4-15H,1-3H3. The lowest BCUT2D eigenvalue weighted by Crippen LogP contribution is -1.96. The van der Waals surface area contributed by atoms with Gasteiger partial charge < -0.3 is 0 Å². The zero-order valence-corrected chi connectivity index (χ0v) is 15.8. The summed E-state index contributed by atoms with van der Waals surface area (Å²) in [7, 11) is 0. The summed E-state index contributed by atoms with van der Waals surface area (Å²) in [6, 6.07) is 23.7. The first kappa shape index (κ1) is 16.0. The predicted molar refractivity (Wildman–Crippen MR) is 112 cm³/mol. The quantitative estimate of drug-likeness (QED) is 0.358. The molecule has 3 heteroatoms. The Morgan fingerprint density at radius 1 is 0.778 bits per heavy atom. The molecule has 0 saturated heterocycles. The fourth-order valence-electron chi connectivity index (χ4n) is 3.81. The molecule has 0 unspecified atom stereocenters. The maximum atomic E-state index is 4.57. The van der Waals surface area contributed by atoms with E-state index in [0.717, 1.165) is 27.9 Å². The second-order valence-electron chi connectivity index (χ2n) is 7.53.